The number of nitrogens with zero attached hydrogens (tertiary/aromatic N) is 2. The molecule has 1 aromatic heterocycles. The number of rotatable bonds is 1. The van der Waals surface area contributed by atoms with Gasteiger partial charge in [-0.15, -0.1) is 0 Å². The number of anilines is 1. The van der Waals surface area contributed by atoms with Crippen LogP contribution < -0.4 is 10.4 Å². The standard InChI is InChI=1S/C9H12BrN3/c1-7-5-8(10)9(11-6-7)13-4-2-3-12-13/h5-6,12H,2-4H2,1H3. The lowest BCUT2D eigenvalue weighted by molar-refractivity contribution is 0.771. The third kappa shape index (κ3) is 1.84. The number of aryl methyl sites for hydroxylation is 1. The molecule has 0 amide bonds. The molecule has 0 unspecified atom stereocenters. The number of aromatic nitrogens is 1. The zero-order chi connectivity index (χ0) is 9.26. The number of halogens is 1. The van der Waals surface area contributed by atoms with Crippen LogP contribution in [0.4, 0.5) is 5.82 Å². The van der Waals surface area contributed by atoms with E-state index in [0.29, 0.717) is 0 Å². The highest BCUT2D eigenvalue weighted by atomic mass is 79.9. The van der Waals surface area contributed by atoms with Gasteiger partial charge in [0.25, 0.3) is 0 Å². The molecule has 0 atom stereocenters. The second-order valence-corrected chi connectivity index (χ2v) is 4.09. The molecule has 0 bridgehead atoms. The maximum absolute atomic E-state index is 4.38. The number of hydrazine groups is 1. The Morgan fingerprint density at radius 3 is 3.08 bits per heavy atom. The van der Waals surface area contributed by atoms with Crippen molar-refractivity contribution in [3.05, 3.63) is 22.3 Å². The van der Waals surface area contributed by atoms with Crippen molar-refractivity contribution in [2.24, 2.45) is 0 Å². The molecule has 1 aliphatic rings. The highest BCUT2D eigenvalue weighted by molar-refractivity contribution is 9.10. The van der Waals surface area contributed by atoms with Crippen LogP contribution >= 0.6 is 15.9 Å². The smallest absolute Gasteiger partial charge is 0.157 e. The van der Waals surface area contributed by atoms with Gasteiger partial charge in [-0.2, -0.15) is 0 Å². The van der Waals surface area contributed by atoms with Gasteiger partial charge in [0.05, 0.1) is 4.47 Å². The molecule has 1 saturated heterocycles. The van der Waals surface area contributed by atoms with Crippen LogP contribution in [0.1, 0.15) is 12.0 Å². The van der Waals surface area contributed by atoms with E-state index in [2.05, 4.69) is 37.4 Å². The quantitative estimate of drug-likeness (QED) is 0.814. The fraction of sp³-hybridized carbons (Fsp3) is 0.444. The van der Waals surface area contributed by atoms with Crippen molar-refractivity contribution in [2.45, 2.75) is 13.3 Å². The molecule has 1 aliphatic heterocycles. The van der Waals surface area contributed by atoms with Crippen LogP contribution in [0.3, 0.4) is 0 Å². The molecule has 0 spiro atoms. The van der Waals surface area contributed by atoms with Crippen molar-refractivity contribution >= 4 is 21.7 Å². The van der Waals surface area contributed by atoms with Crippen molar-refractivity contribution in [2.75, 3.05) is 18.1 Å². The number of hydrogen-bond acceptors (Lipinski definition) is 3. The van der Waals surface area contributed by atoms with Gasteiger partial charge in [0.1, 0.15) is 0 Å². The van der Waals surface area contributed by atoms with Crippen molar-refractivity contribution in [1.29, 1.82) is 0 Å². The van der Waals surface area contributed by atoms with Gasteiger partial charge in [-0.05, 0) is 40.9 Å². The summed E-state index contributed by atoms with van der Waals surface area (Å²) in [6, 6.07) is 2.09. The Hall–Kier alpha value is -0.610. The predicted molar refractivity (Wildman–Crippen MR) is 56.6 cm³/mol. The Balaban J connectivity index is 2.29. The molecule has 4 heteroatoms. The minimum Gasteiger partial charge on any atom is -0.291 e. The molecule has 13 heavy (non-hydrogen) atoms. The minimum atomic E-state index is 0.989. The Morgan fingerprint density at radius 2 is 2.46 bits per heavy atom. The van der Waals surface area contributed by atoms with Gasteiger partial charge in [-0.1, -0.05) is 0 Å². The molecular formula is C9H12BrN3. The average Bonchev–Trinajstić information content (AvgIpc) is 2.56. The fourth-order valence-corrected chi connectivity index (χ4v) is 2.11. The van der Waals surface area contributed by atoms with E-state index in [9.17, 15) is 0 Å². The fourth-order valence-electron chi connectivity index (χ4n) is 1.44. The van der Waals surface area contributed by atoms with Gasteiger partial charge >= 0.3 is 0 Å². The van der Waals surface area contributed by atoms with Crippen molar-refractivity contribution in [3.63, 3.8) is 0 Å². The number of pyridine rings is 1. The summed E-state index contributed by atoms with van der Waals surface area (Å²) < 4.78 is 1.06. The molecule has 0 radical (unpaired) electrons. The summed E-state index contributed by atoms with van der Waals surface area (Å²) in [5.41, 5.74) is 4.45. The summed E-state index contributed by atoms with van der Waals surface area (Å²) in [4.78, 5) is 4.38. The Kier molecular flexibility index (Phi) is 2.51. The molecule has 1 fully saturated rings. The molecule has 1 N–H and O–H groups in total. The largest absolute Gasteiger partial charge is 0.291 e. The Bertz CT molecular complexity index is 308. The van der Waals surface area contributed by atoms with Crippen molar-refractivity contribution in [1.82, 2.24) is 10.4 Å². The topological polar surface area (TPSA) is 28.2 Å². The molecule has 1 aromatic rings. The van der Waals surface area contributed by atoms with Gasteiger partial charge in [0.15, 0.2) is 5.82 Å². The zero-order valence-electron chi connectivity index (χ0n) is 7.55. The highest BCUT2D eigenvalue weighted by Crippen LogP contribution is 2.24. The molecule has 2 rings (SSSR count). The summed E-state index contributed by atoms with van der Waals surface area (Å²) >= 11 is 3.51. The van der Waals surface area contributed by atoms with E-state index in [-0.39, 0.29) is 0 Å². The second kappa shape index (κ2) is 3.64. The molecule has 0 saturated carbocycles. The van der Waals surface area contributed by atoms with Gasteiger partial charge in [0.2, 0.25) is 0 Å². The first-order valence-electron chi connectivity index (χ1n) is 4.40. The van der Waals surface area contributed by atoms with E-state index in [1.807, 2.05) is 13.1 Å². The van der Waals surface area contributed by atoms with Crippen LogP contribution in [-0.4, -0.2) is 18.1 Å². The summed E-state index contributed by atoms with van der Waals surface area (Å²) in [7, 11) is 0. The van der Waals surface area contributed by atoms with E-state index in [1.165, 1.54) is 12.0 Å². The zero-order valence-corrected chi connectivity index (χ0v) is 9.13. The maximum Gasteiger partial charge on any atom is 0.157 e. The SMILES string of the molecule is Cc1cnc(N2CCCN2)c(Br)c1. The third-order valence-corrected chi connectivity index (χ3v) is 2.66. The molecule has 0 aliphatic carbocycles. The molecular weight excluding hydrogens is 230 g/mol. The van der Waals surface area contributed by atoms with Gasteiger partial charge in [-0.25, -0.2) is 10.4 Å². The van der Waals surface area contributed by atoms with Gasteiger partial charge in [-0.3, -0.25) is 5.01 Å². The normalized spacial score (nSPS) is 16.6. The average molecular weight is 242 g/mol. The van der Waals surface area contributed by atoms with E-state index >= 15 is 0 Å². The van der Waals surface area contributed by atoms with Gasteiger partial charge < -0.3 is 0 Å². The first-order valence-corrected chi connectivity index (χ1v) is 5.20. The van der Waals surface area contributed by atoms with Crippen molar-refractivity contribution < 1.29 is 0 Å². The summed E-state index contributed by atoms with van der Waals surface area (Å²) in [5.74, 6) is 0.989. The first kappa shape index (κ1) is 8.97. The molecule has 70 valence electrons. The monoisotopic (exact) mass is 241 g/mol. The van der Waals surface area contributed by atoms with Crippen LogP contribution in [0.25, 0.3) is 0 Å². The Morgan fingerprint density at radius 1 is 1.62 bits per heavy atom. The van der Waals surface area contributed by atoms with Gasteiger partial charge in [0, 0.05) is 19.3 Å². The lowest BCUT2D eigenvalue weighted by Crippen LogP contribution is -2.31. The van der Waals surface area contributed by atoms with Crippen LogP contribution in [0.5, 0.6) is 0 Å². The van der Waals surface area contributed by atoms with E-state index in [0.717, 1.165) is 23.4 Å². The molecule has 2 heterocycles. The van der Waals surface area contributed by atoms with E-state index in [4.69, 9.17) is 0 Å². The number of hydrogen-bond donors (Lipinski definition) is 1. The maximum atomic E-state index is 4.38. The van der Waals surface area contributed by atoms with Crippen LogP contribution in [0, 0.1) is 6.92 Å². The van der Waals surface area contributed by atoms with Crippen LogP contribution in [-0.2, 0) is 0 Å². The summed E-state index contributed by atoms with van der Waals surface area (Å²) in [6.07, 6.45) is 3.07. The summed E-state index contributed by atoms with van der Waals surface area (Å²) in [6.45, 7) is 4.12. The molecule has 0 aromatic carbocycles. The minimum absolute atomic E-state index is 0.989. The lowest BCUT2D eigenvalue weighted by Gasteiger charge is -2.17. The predicted octanol–water partition coefficient (Wildman–Crippen LogP) is 1.87. The summed E-state index contributed by atoms with van der Waals surface area (Å²) in [5, 5.41) is 2.09. The highest BCUT2D eigenvalue weighted by Gasteiger charge is 2.15. The van der Waals surface area contributed by atoms with Crippen LogP contribution in [0.2, 0.25) is 0 Å². The lowest BCUT2D eigenvalue weighted by atomic mass is 10.3. The molecule has 3 nitrogen and oxygen atoms in total. The van der Waals surface area contributed by atoms with E-state index < -0.39 is 0 Å². The van der Waals surface area contributed by atoms with E-state index in [1.54, 1.807) is 0 Å². The third-order valence-electron chi connectivity index (χ3n) is 2.08. The Labute approximate surface area is 86.3 Å². The number of nitrogens with one attached hydrogen (secondary N) is 1. The first-order chi connectivity index (χ1) is 6.27. The second-order valence-electron chi connectivity index (χ2n) is 3.23. The van der Waals surface area contributed by atoms with Crippen LogP contribution in [0.15, 0.2) is 16.7 Å². The van der Waals surface area contributed by atoms with Crippen molar-refractivity contribution in [3.8, 4) is 0 Å².